The SMILES string of the molecule is Cc1ccc(Br)cc1OCCc1ccccn1. The van der Waals surface area contributed by atoms with E-state index in [0.29, 0.717) is 6.61 Å². The molecule has 17 heavy (non-hydrogen) atoms. The third kappa shape index (κ3) is 3.56. The highest BCUT2D eigenvalue weighted by atomic mass is 79.9. The summed E-state index contributed by atoms with van der Waals surface area (Å²) in [5.41, 5.74) is 2.20. The standard InChI is InChI=1S/C14H14BrNO/c1-11-5-6-12(15)10-14(11)17-9-7-13-4-2-3-8-16-13/h2-6,8,10H,7,9H2,1H3. The maximum atomic E-state index is 5.75. The maximum absolute atomic E-state index is 5.75. The highest BCUT2D eigenvalue weighted by Crippen LogP contribution is 2.22. The van der Waals surface area contributed by atoms with Crippen molar-refractivity contribution in [1.29, 1.82) is 0 Å². The molecule has 0 unspecified atom stereocenters. The van der Waals surface area contributed by atoms with E-state index in [9.17, 15) is 0 Å². The summed E-state index contributed by atoms with van der Waals surface area (Å²) in [7, 11) is 0. The molecule has 0 atom stereocenters. The summed E-state index contributed by atoms with van der Waals surface area (Å²) in [6, 6.07) is 12.0. The lowest BCUT2D eigenvalue weighted by Crippen LogP contribution is -2.03. The average Bonchev–Trinajstić information content (AvgIpc) is 2.35. The largest absolute Gasteiger partial charge is 0.493 e. The van der Waals surface area contributed by atoms with Crippen molar-refractivity contribution in [3.63, 3.8) is 0 Å². The van der Waals surface area contributed by atoms with Gasteiger partial charge in [0, 0.05) is 22.8 Å². The molecule has 0 amide bonds. The predicted molar refractivity (Wildman–Crippen MR) is 72.3 cm³/mol. The molecule has 0 N–H and O–H groups in total. The summed E-state index contributed by atoms with van der Waals surface area (Å²) in [4.78, 5) is 4.26. The quantitative estimate of drug-likeness (QED) is 0.855. The van der Waals surface area contributed by atoms with Gasteiger partial charge in [0.2, 0.25) is 0 Å². The highest BCUT2D eigenvalue weighted by Gasteiger charge is 2.01. The maximum Gasteiger partial charge on any atom is 0.123 e. The van der Waals surface area contributed by atoms with Crippen LogP contribution in [0.5, 0.6) is 5.75 Å². The highest BCUT2D eigenvalue weighted by molar-refractivity contribution is 9.10. The van der Waals surface area contributed by atoms with Crippen LogP contribution < -0.4 is 4.74 Å². The van der Waals surface area contributed by atoms with E-state index in [1.807, 2.05) is 43.3 Å². The predicted octanol–water partition coefficient (Wildman–Crippen LogP) is 3.77. The lowest BCUT2D eigenvalue weighted by atomic mass is 10.2. The van der Waals surface area contributed by atoms with Gasteiger partial charge in [-0.15, -0.1) is 0 Å². The molecule has 2 rings (SSSR count). The van der Waals surface area contributed by atoms with E-state index in [2.05, 4.69) is 20.9 Å². The fraction of sp³-hybridized carbons (Fsp3) is 0.214. The van der Waals surface area contributed by atoms with Gasteiger partial charge in [0.1, 0.15) is 5.75 Å². The number of nitrogens with zero attached hydrogens (tertiary/aromatic N) is 1. The summed E-state index contributed by atoms with van der Waals surface area (Å²) in [5.74, 6) is 0.926. The molecule has 1 aromatic heterocycles. The molecule has 0 spiro atoms. The normalized spacial score (nSPS) is 10.2. The molecular formula is C14H14BrNO. The molecule has 0 aliphatic rings. The number of rotatable bonds is 4. The van der Waals surface area contributed by atoms with Crippen LogP contribution in [0.1, 0.15) is 11.3 Å². The third-order valence-electron chi connectivity index (χ3n) is 2.49. The number of hydrogen-bond donors (Lipinski definition) is 0. The van der Waals surface area contributed by atoms with E-state index < -0.39 is 0 Å². The first-order valence-corrected chi connectivity index (χ1v) is 6.34. The Labute approximate surface area is 110 Å². The Morgan fingerprint density at radius 2 is 2.12 bits per heavy atom. The van der Waals surface area contributed by atoms with Gasteiger partial charge in [-0.2, -0.15) is 0 Å². The molecule has 1 aromatic carbocycles. The Balaban J connectivity index is 1.92. The van der Waals surface area contributed by atoms with E-state index in [0.717, 1.165) is 27.9 Å². The minimum atomic E-state index is 0.647. The molecule has 0 bridgehead atoms. The van der Waals surface area contributed by atoms with Crippen molar-refractivity contribution in [3.05, 3.63) is 58.3 Å². The second kappa shape index (κ2) is 5.82. The summed E-state index contributed by atoms with van der Waals surface area (Å²) in [5, 5.41) is 0. The summed E-state index contributed by atoms with van der Waals surface area (Å²) in [6.45, 7) is 2.69. The first-order valence-electron chi connectivity index (χ1n) is 5.54. The molecule has 0 aliphatic carbocycles. The Morgan fingerprint density at radius 3 is 2.88 bits per heavy atom. The van der Waals surface area contributed by atoms with E-state index in [1.54, 1.807) is 6.20 Å². The van der Waals surface area contributed by atoms with Crippen LogP contribution in [-0.4, -0.2) is 11.6 Å². The molecule has 88 valence electrons. The van der Waals surface area contributed by atoms with Crippen molar-refractivity contribution in [2.45, 2.75) is 13.3 Å². The van der Waals surface area contributed by atoms with Gasteiger partial charge in [-0.1, -0.05) is 28.1 Å². The lowest BCUT2D eigenvalue weighted by molar-refractivity contribution is 0.318. The Hall–Kier alpha value is -1.35. The molecular weight excluding hydrogens is 278 g/mol. The number of aromatic nitrogens is 1. The van der Waals surface area contributed by atoms with Crippen LogP contribution in [0.3, 0.4) is 0 Å². The first kappa shape index (κ1) is 12.1. The van der Waals surface area contributed by atoms with Gasteiger partial charge in [0.05, 0.1) is 6.61 Å². The van der Waals surface area contributed by atoms with Crippen LogP contribution in [-0.2, 0) is 6.42 Å². The van der Waals surface area contributed by atoms with Gasteiger partial charge in [-0.3, -0.25) is 4.98 Å². The number of aryl methyl sites for hydroxylation is 1. The zero-order chi connectivity index (χ0) is 12.1. The topological polar surface area (TPSA) is 22.1 Å². The molecule has 2 aromatic rings. The summed E-state index contributed by atoms with van der Waals surface area (Å²) >= 11 is 3.44. The van der Waals surface area contributed by atoms with Crippen LogP contribution in [0.25, 0.3) is 0 Å². The van der Waals surface area contributed by atoms with E-state index in [1.165, 1.54) is 0 Å². The summed E-state index contributed by atoms with van der Waals surface area (Å²) in [6.07, 6.45) is 2.63. The molecule has 0 aliphatic heterocycles. The molecule has 3 heteroatoms. The van der Waals surface area contributed by atoms with Crippen LogP contribution in [0.15, 0.2) is 47.1 Å². The third-order valence-corrected chi connectivity index (χ3v) is 2.99. The minimum absolute atomic E-state index is 0.647. The fourth-order valence-corrected chi connectivity index (χ4v) is 1.88. The second-order valence-corrected chi connectivity index (χ2v) is 4.75. The molecule has 0 saturated carbocycles. The van der Waals surface area contributed by atoms with Gasteiger partial charge in [0.15, 0.2) is 0 Å². The van der Waals surface area contributed by atoms with Crippen LogP contribution in [0, 0.1) is 6.92 Å². The molecule has 2 nitrogen and oxygen atoms in total. The van der Waals surface area contributed by atoms with E-state index in [4.69, 9.17) is 4.74 Å². The zero-order valence-electron chi connectivity index (χ0n) is 9.69. The molecule has 0 radical (unpaired) electrons. The molecule has 0 saturated heterocycles. The Kier molecular flexibility index (Phi) is 4.15. The first-order chi connectivity index (χ1) is 8.25. The van der Waals surface area contributed by atoms with Crippen LogP contribution in [0.2, 0.25) is 0 Å². The zero-order valence-corrected chi connectivity index (χ0v) is 11.3. The van der Waals surface area contributed by atoms with Gasteiger partial charge >= 0.3 is 0 Å². The Morgan fingerprint density at radius 1 is 1.24 bits per heavy atom. The number of pyridine rings is 1. The second-order valence-electron chi connectivity index (χ2n) is 3.83. The van der Waals surface area contributed by atoms with Gasteiger partial charge in [-0.05, 0) is 36.8 Å². The van der Waals surface area contributed by atoms with Crippen LogP contribution in [0.4, 0.5) is 0 Å². The molecule has 1 heterocycles. The van der Waals surface area contributed by atoms with Crippen molar-refractivity contribution in [2.75, 3.05) is 6.61 Å². The fourth-order valence-electron chi connectivity index (χ4n) is 1.54. The van der Waals surface area contributed by atoms with Gasteiger partial charge < -0.3 is 4.74 Å². The van der Waals surface area contributed by atoms with Crippen molar-refractivity contribution in [3.8, 4) is 5.75 Å². The van der Waals surface area contributed by atoms with E-state index in [-0.39, 0.29) is 0 Å². The number of benzene rings is 1. The van der Waals surface area contributed by atoms with Crippen molar-refractivity contribution in [1.82, 2.24) is 4.98 Å². The van der Waals surface area contributed by atoms with Crippen molar-refractivity contribution >= 4 is 15.9 Å². The van der Waals surface area contributed by atoms with Crippen molar-refractivity contribution < 1.29 is 4.74 Å². The number of halogens is 1. The van der Waals surface area contributed by atoms with E-state index >= 15 is 0 Å². The van der Waals surface area contributed by atoms with Gasteiger partial charge in [0.25, 0.3) is 0 Å². The lowest BCUT2D eigenvalue weighted by Gasteiger charge is -2.09. The summed E-state index contributed by atoms with van der Waals surface area (Å²) < 4.78 is 6.79. The monoisotopic (exact) mass is 291 g/mol. The average molecular weight is 292 g/mol. The number of hydrogen-bond acceptors (Lipinski definition) is 2. The molecule has 0 fully saturated rings. The Bertz CT molecular complexity index is 485. The smallest absolute Gasteiger partial charge is 0.123 e. The number of ether oxygens (including phenoxy) is 1. The van der Waals surface area contributed by atoms with Crippen molar-refractivity contribution in [2.24, 2.45) is 0 Å². The van der Waals surface area contributed by atoms with Gasteiger partial charge in [-0.25, -0.2) is 0 Å². The van der Waals surface area contributed by atoms with Crippen LogP contribution >= 0.6 is 15.9 Å². The minimum Gasteiger partial charge on any atom is -0.493 e.